The Labute approximate surface area is 78.8 Å². The van der Waals surface area contributed by atoms with Crippen LogP contribution in [0.4, 0.5) is 0 Å². The van der Waals surface area contributed by atoms with Gasteiger partial charge in [-0.3, -0.25) is 4.99 Å². The Morgan fingerprint density at radius 1 is 1.27 bits per heavy atom. The van der Waals surface area contributed by atoms with E-state index in [1.54, 1.807) is 0 Å². The summed E-state index contributed by atoms with van der Waals surface area (Å²) in [5.41, 5.74) is 0. The zero-order valence-corrected chi connectivity index (χ0v) is 7.67. The number of rotatable bonds is 1. The number of ether oxygens (including phenoxy) is 1. The monoisotopic (exact) mass is 236 g/mol. The fourth-order valence-corrected chi connectivity index (χ4v) is 1.03. The van der Waals surface area contributed by atoms with Crippen molar-refractivity contribution in [3.05, 3.63) is 30.2 Å². The number of hydrogen-bond donors (Lipinski definition) is 0. The molecule has 0 aromatic carbocycles. The van der Waals surface area contributed by atoms with Gasteiger partial charge in [0.2, 0.25) is 0 Å². The van der Waals surface area contributed by atoms with E-state index in [2.05, 4.69) is 4.99 Å². The van der Waals surface area contributed by atoms with Gasteiger partial charge < -0.3 is 4.74 Å². The first-order valence-corrected chi connectivity index (χ1v) is 3.36. The van der Waals surface area contributed by atoms with Crippen molar-refractivity contribution in [2.45, 2.75) is 0 Å². The van der Waals surface area contributed by atoms with Gasteiger partial charge in [0.25, 0.3) is 0 Å². The summed E-state index contributed by atoms with van der Waals surface area (Å²) in [6.45, 7) is 1.54. The van der Waals surface area contributed by atoms with Crippen LogP contribution in [0.2, 0.25) is 0 Å². The van der Waals surface area contributed by atoms with E-state index in [1.807, 2.05) is 24.3 Å². The Bertz CT molecular complexity index is 208. The summed E-state index contributed by atoms with van der Waals surface area (Å²) in [5, 5.41) is 0. The second kappa shape index (κ2) is 3.82. The SMILES string of the molecule is C1=C[C](C2=NCCO2)C=C1.[Ru]. The van der Waals surface area contributed by atoms with Crippen LogP contribution in [0.1, 0.15) is 0 Å². The van der Waals surface area contributed by atoms with Gasteiger partial charge in [0.15, 0.2) is 5.90 Å². The topological polar surface area (TPSA) is 21.6 Å². The summed E-state index contributed by atoms with van der Waals surface area (Å²) >= 11 is 0. The molecule has 2 rings (SSSR count). The van der Waals surface area contributed by atoms with Crippen molar-refractivity contribution < 1.29 is 24.2 Å². The fourth-order valence-electron chi connectivity index (χ4n) is 1.03. The van der Waals surface area contributed by atoms with Crippen LogP contribution in [0.25, 0.3) is 0 Å². The zero-order valence-electron chi connectivity index (χ0n) is 5.93. The first-order chi connectivity index (χ1) is 4.97. The van der Waals surface area contributed by atoms with Crippen molar-refractivity contribution in [3.63, 3.8) is 0 Å². The normalized spacial score (nSPS) is 21.3. The number of nitrogens with zero attached hydrogens (tertiary/aromatic N) is 1. The van der Waals surface area contributed by atoms with E-state index in [4.69, 9.17) is 4.74 Å². The molecule has 11 heavy (non-hydrogen) atoms. The molecular formula is C8H8NORu. The quantitative estimate of drug-likeness (QED) is 0.624. The van der Waals surface area contributed by atoms with Crippen molar-refractivity contribution in [1.29, 1.82) is 0 Å². The molecule has 0 aromatic rings. The first-order valence-electron chi connectivity index (χ1n) is 3.36. The number of aliphatic imine (C=N–C) groups is 1. The summed E-state index contributed by atoms with van der Waals surface area (Å²) < 4.78 is 5.25. The molecule has 1 aliphatic heterocycles. The van der Waals surface area contributed by atoms with Crippen LogP contribution in [0, 0.1) is 5.92 Å². The van der Waals surface area contributed by atoms with Gasteiger partial charge in [-0.05, 0) is 0 Å². The first kappa shape index (κ1) is 8.67. The van der Waals surface area contributed by atoms with Gasteiger partial charge in [-0.15, -0.1) is 0 Å². The van der Waals surface area contributed by atoms with Crippen molar-refractivity contribution >= 4 is 5.90 Å². The number of hydrogen-bond acceptors (Lipinski definition) is 2. The summed E-state index contributed by atoms with van der Waals surface area (Å²) in [5.74, 6) is 1.89. The molecule has 1 heterocycles. The van der Waals surface area contributed by atoms with E-state index in [0.29, 0.717) is 0 Å². The van der Waals surface area contributed by atoms with Crippen molar-refractivity contribution in [2.24, 2.45) is 4.99 Å². The van der Waals surface area contributed by atoms with Crippen molar-refractivity contribution in [3.8, 4) is 0 Å². The predicted octanol–water partition coefficient (Wildman–Crippen LogP) is 1.11. The van der Waals surface area contributed by atoms with Crippen LogP contribution >= 0.6 is 0 Å². The maximum absolute atomic E-state index is 5.25. The zero-order chi connectivity index (χ0) is 6.81. The van der Waals surface area contributed by atoms with E-state index in [9.17, 15) is 0 Å². The maximum Gasteiger partial charge on any atom is 0.199 e. The minimum Gasteiger partial charge on any atom is -0.478 e. The van der Waals surface area contributed by atoms with Gasteiger partial charge in [0.1, 0.15) is 12.5 Å². The Morgan fingerprint density at radius 2 is 2.00 bits per heavy atom. The average molecular weight is 235 g/mol. The second-order valence-corrected chi connectivity index (χ2v) is 2.21. The smallest absolute Gasteiger partial charge is 0.199 e. The molecule has 1 aliphatic carbocycles. The van der Waals surface area contributed by atoms with E-state index in [1.165, 1.54) is 0 Å². The number of allylic oxidation sites excluding steroid dienone is 2. The molecule has 0 amide bonds. The minimum absolute atomic E-state index is 0. The molecule has 0 fully saturated rings. The van der Waals surface area contributed by atoms with Crippen LogP contribution in [0.15, 0.2) is 29.3 Å². The predicted molar refractivity (Wildman–Crippen MR) is 39.8 cm³/mol. The molecule has 1 radical (unpaired) electrons. The Balaban J connectivity index is 0.000000605. The molecule has 2 nitrogen and oxygen atoms in total. The molecule has 0 saturated heterocycles. The molecular weight excluding hydrogens is 227 g/mol. The third-order valence-electron chi connectivity index (χ3n) is 1.50. The molecule has 3 heteroatoms. The van der Waals surface area contributed by atoms with Crippen LogP contribution in [-0.4, -0.2) is 19.0 Å². The third kappa shape index (κ3) is 1.78. The van der Waals surface area contributed by atoms with Crippen molar-refractivity contribution in [2.75, 3.05) is 13.2 Å². The second-order valence-electron chi connectivity index (χ2n) is 2.21. The molecule has 0 N–H and O–H groups in total. The third-order valence-corrected chi connectivity index (χ3v) is 1.50. The van der Waals surface area contributed by atoms with Crippen LogP contribution in [-0.2, 0) is 24.2 Å². The molecule has 0 unspecified atom stereocenters. The molecule has 0 atom stereocenters. The average Bonchev–Trinajstić information content (AvgIpc) is 2.59. The minimum atomic E-state index is 0. The van der Waals surface area contributed by atoms with Crippen LogP contribution in [0.5, 0.6) is 0 Å². The standard InChI is InChI=1S/C8H8NO.Ru/c1-2-4-7(3-1)8-9-5-6-10-8;/h1-4H,5-6H2;. The van der Waals surface area contributed by atoms with Crippen molar-refractivity contribution in [1.82, 2.24) is 0 Å². The summed E-state index contributed by atoms with van der Waals surface area (Å²) in [6.07, 6.45) is 7.98. The maximum atomic E-state index is 5.25. The Kier molecular flexibility index (Phi) is 3.01. The Morgan fingerprint density at radius 3 is 2.55 bits per heavy atom. The summed E-state index contributed by atoms with van der Waals surface area (Å²) in [4.78, 5) is 4.17. The molecule has 2 aliphatic rings. The Hall–Kier alpha value is -0.427. The summed E-state index contributed by atoms with van der Waals surface area (Å²) in [6, 6.07) is 0. The van der Waals surface area contributed by atoms with Crippen LogP contribution < -0.4 is 0 Å². The molecule has 59 valence electrons. The van der Waals surface area contributed by atoms with Gasteiger partial charge in [-0.1, -0.05) is 24.3 Å². The molecule has 0 saturated carbocycles. The molecule has 0 spiro atoms. The molecule has 0 aromatic heterocycles. The molecule has 0 bridgehead atoms. The van der Waals surface area contributed by atoms with Gasteiger partial charge in [-0.25, -0.2) is 0 Å². The van der Waals surface area contributed by atoms with Crippen LogP contribution in [0.3, 0.4) is 0 Å². The van der Waals surface area contributed by atoms with E-state index >= 15 is 0 Å². The van der Waals surface area contributed by atoms with E-state index in [-0.39, 0.29) is 19.5 Å². The van der Waals surface area contributed by atoms with E-state index < -0.39 is 0 Å². The summed E-state index contributed by atoms with van der Waals surface area (Å²) in [7, 11) is 0. The van der Waals surface area contributed by atoms with Gasteiger partial charge in [0, 0.05) is 19.5 Å². The fraction of sp³-hybridized carbons (Fsp3) is 0.250. The van der Waals surface area contributed by atoms with Gasteiger partial charge in [0.05, 0.1) is 6.54 Å². The van der Waals surface area contributed by atoms with E-state index in [0.717, 1.165) is 25.0 Å². The van der Waals surface area contributed by atoms with Gasteiger partial charge in [-0.2, -0.15) is 0 Å². The van der Waals surface area contributed by atoms with Gasteiger partial charge >= 0.3 is 0 Å². The largest absolute Gasteiger partial charge is 0.478 e.